The van der Waals surface area contributed by atoms with Gasteiger partial charge in [-0.15, -0.1) is 11.8 Å². The average molecular weight is 327 g/mol. The van der Waals surface area contributed by atoms with Crippen LogP contribution in [0.5, 0.6) is 0 Å². The van der Waals surface area contributed by atoms with Gasteiger partial charge in [0.05, 0.1) is 11.4 Å². The number of carbonyl (C=O) groups is 2. The van der Waals surface area contributed by atoms with Crippen molar-refractivity contribution in [1.29, 1.82) is 0 Å². The molecule has 23 heavy (non-hydrogen) atoms. The maximum absolute atomic E-state index is 12.1. The van der Waals surface area contributed by atoms with Gasteiger partial charge in [0.1, 0.15) is 6.54 Å². The molecule has 0 atom stereocenters. The fraction of sp³-hybridized carbons (Fsp3) is 0.235. The van der Waals surface area contributed by atoms with Crippen molar-refractivity contribution in [3.63, 3.8) is 0 Å². The van der Waals surface area contributed by atoms with E-state index in [0.29, 0.717) is 12.3 Å². The number of benzene rings is 1. The summed E-state index contributed by atoms with van der Waals surface area (Å²) < 4.78 is 0. The van der Waals surface area contributed by atoms with Crippen molar-refractivity contribution in [3.05, 3.63) is 54.4 Å². The van der Waals surface area contributed by atoms with Gasteiger partial charge >= 0.3 is 0 Å². The highest BCUT2D eigenvalue weighted by Crippen LogP contribution is 2.34. The number of pyridine rings is 1. The van der Waals surface area contributed by atoms with Crippen molar-refractivity contribution in [3.8, 4) is 0 Å². The second-order valence-corrected chi connectivity index (χ2v) is 6.21. The number of rotatable bonds is 5. The molecule has 6 heteroatoms. The molecule has 1 N–H and O–H groups in total. The minimum Gasteiger partial charge on any atom is -0.354 e. The third-order valence-electron chi connectivity index (χ3n) is 3.57. The van der Waals surface area contributed by atoms with Crippen LogP contribution in [-0.2, 0) is 16.0 Å². The monoisotopic (exact) mass is 327 g/mol. The smallest absolute Gasteiger partial charge is 0.240 e. The number of thioether (sulfide) groups is 1. The van der Waals surface area contributed by atoms with Crippen LogP contribution in [0.1, 0.15) is 5.56 Å². The highest BCUT2D eigenvalue weighted by molar-refractivity contribution is 8.00. The van der Waals surface area contributed by atoms with Crippen molar-refractivity contribution < 1.29 is 9.59 Å². The molecule has 1 aliphatic heterocycles. The van der Waals surface area contributed by atoms with E-state index < -0.39 is 0 Å². The molecule has 2 aromatic rings. The Hall–Kier alpha value is -2.34. The van der Waals surface area contributed by atoms with E-state index in [1.54, 1.807) is 17.3 Å². The molecule has 0 fully saturated rings. The summed E-state index contributed by atoms with van der Waals surface area (Å²) in [5.41, 5.74) is 1.89. The average Bonchev–Trinajstić information content (AvgIpc) is 2.58. The topological polar surface area (TPSA) is 62.3 Å². The molecule has 2 heterocycles. The predicted octanol–water partition coefficient (Wildman–Crippen LogP) is 1.88. The van der Waals surface area contributed by atoms with Crippen LogP contribution in [0.2, 0.25) is 0 Å². The van der Waals surface area contributed by atoms with Crippen molar-refractivity contribution in [1.82, 2.24) is 10.3 Å². The van der Waals surface area contributed by atoms with Crippen LogP contribution in [0.15, 0.2) is 53.7 Å². The van der Waals surface area contributed by atoms with Crippen LogP contribution in [0.3, 0.4) is 0 Å². The van der Waals surface area contributed by atoms with E-state index in [9.17, 15) is 9.59 Å². The number of hydrogen-bond acceptors (Lipinski definition) is 4. The van der Waals surface area contributed by atoms with E-state index in [1.165, 1.54) is 11.8 Å². The molecule has 1 aliphatic rings. The maximum Gasteiger partial charge on any atom is 0.240 e. The Morgan fingerprint density at radius 3 is 2.96 bits per heavy atom. The van der Waals surface area contributed by atoms with Gasteiger partial charge in [0.25, 0.3) is 0 Å². The summed E-state index contributed by atoms with van der Waals surface area (Å²) in [5.74, 6) is 0.194. The highest BCUT2D eigenvalue weighted by Gasteiger charge is 2.25. The largest absolute Gasteiger partial charge is 0.354 e. The van der Waals surface area contributed by atoms with Crippen LogP contribution in [0.4, 0.5) is 5.69 Å². The quantitative estimate of drug-likeness (QED) is 0.911. The maximum atomic E-state index is 12.1. The number of nitrogens with zero attached hydrogens (tertiary/aromatic N) is 2. The molecule has 0 spiro atoms. The summed E-state index contributed by atoms with van der Waals surface area (Å²) >= 11 is 1.51. The molecular formula is C17H17N3O2S. The lowest BCUT2D eigenvalue weighted by Gasteiger charge is -2.28. The number of anilines is 1. The Morgan fingerprint density at radius 2 is 2.13 bits per heavy atom. The summed E-state index contributed by atoms with van der Waals surface area (Å²) in [7, 11) is 0. The second-order valence-electron chi connectivity index (χ2n) is 5.20. The Kier molecular flexibility index (Phi) is 4.92. The number of fused-ring (bicyclic) bond motifs is 1. The lowest BCUT2D eigenvalue weighted by atomic mass is 10.2. The van der Waals surface area contributed by atoms with Gasteiger partial charge in [-0.2, -0.15) is 0 Å². The molecular weight excluding hydrogens is 310 g/mol. The molecule has 0 aliphatic carbocycles. The molecule has 1 aromatic carbocycles. The van der Waals surface area contributed by atoms with Crippen LogP contribution in [-0.4, -0.2) is 35.6 Å². The minimum atomic E-state index is -0.149. The molecule has 0 saturated heterocycles. The summed E-state index contributed by atoms with van der Waals surface area (Å²) in [5, 5.41) is 2.86. The summed E-state index contributed by atoms with van der Waals surface area (Å²) in [6.07, 6.45) is 4.23. The SMILES string of the molecule is O=C(CN1C(=O)CSc2ccccc21)NCCc1cccnc1. The van der Waals surface area contributed by atoms with E-state index in [1.807, 2.05) is 36.4 Å². The first-order chi connectivity index (χ1) is 11.2. The van der Waals surface area contributed by atoms with Gasteiger partial charge in [0.15, 0.2) is 0 Å². The zero-order valence-corrected chi connectivity index (χ0v) is 13.4. The molecule has 118 valence electrons. The minimum absolute atomic E-state index is 0.0314. The van der Waals surface area contributed by atoms with Gasteiger partial charge in [-0.05, 0) is 30.2 Å². The lowest BCUT2D eigenvalue weighted by Crippen LogP contribution is -2.43. The third-order valence-corrected chi connectivity index (χ3v) is 4.62. The number of para-hydroxylation sites is 1. The number of aromatic nitrogens is 1. The number of carbonyl (C=O) groups excluding carboxylic acids is 2. The van der Waals surface area contributed by atoms with E-state index in [4.69, 9.17) is 0 Å². The molecule has 0 unspecified atom stereocenters. The van der Waals surface area contributed by atoms with Gasteiger partial charge in [-0.1, -0.05) is 18.2 Å². The zero-order valence-electron chi connectivity index (χ0n) is 12.6. The van der Waals surface area contributed by atoms with E-state index in [0.717, 1.165) is 22.6 Å². The first-order valence-electron chi connectivity index (χ1n) is 7.42. The van der Waals surface area contributed by atoms with Gasteiger partial charge in [0, 0.05) is 23.8 Å². The molecule has 0 bridgehead atoms. The molecule has 3 rings (SSSR count). The Bertz CT molecular complexity index is 706. The van der Waals surface area contributed by atoms with Crippen molar-refractivity contribution in [2.45, 2.75) is 11.3 Å². The van der Waals surface area contributed by atoms with Crippen molar-refractivity contribution in [2.75, 3.05) is 23.7 Å². The fourth-order valence-electron chi connectivity index (χ4n) is 2.42. The molecule has 1 aromatic heterocycles. The standard InChI is InChI=1S/C17H17N3O2S/c21-16(19-9-7-13-4-3-8-18-10-13)11-20-14-5-1-2-6-15(14)23-12-17(20)22/h1-6,8,10H,7,9,11-12H2,(H,19,21). The molecule has 5 nitrogen and oxygen atoms in total. The summed E-state index contributed by atoms with van der Waals surface area (Å²) in [6.45, 7) is 0.590. The van der Waals surface area contributed by atoms with E-state index in [2.05, 4.69) is 10.3 Å². The van der Waals surface area contributed by atoms with Crippen LogP contribution in [0.25, 0.3) is 0 Å². The van der Waals surface area contributed by atoms with Gasteiger partial charge in [0.2, 0.25) is 11.8 Å². The lowest BCUT2D eigenvalue weighted by molar-refractivity contribution is -0.122. The Morgan fingerprint density at radius 1 is 1.26 bits per heavy atom. The first-order valence-corrected chi connectivity index (χ1v) is 8.40. The van der Waals surface area contributed by atoms with Crippen LogP contribution >= 0.6 is 11.8 Å². The van der Waals surface area contributed by atoms with Gasteiger partial charge < -0.3 is 10.2 Å². The Labute approximate surface area is 139 Å². The summed E-state index contributed by atoms with van der Waals surface area (Å²) in [4.78, 5) is 30.9. The van der Waals surface area contributed by atoms with Crippen LogP contribution < -0.4 is 10.2 Å². The van der Waals surface area contributed by atoms with E-state index in [-0.39, 0.29) is 18.4 Å². The fourth-order valence-corrected chi connectivity index (χ4v) is 3.35. The second kappa shape index (κ2) is 7.28. The van der Waals surface area contributed by atoms with Crippen molar-refractivity contribution >= 4 is 29.3 Å². The normalized spacial score (nSPS) is 13.6. The van der Waals surface area contributed by atoms with Crippen LogP contribution in [0, 0.1) is 0 Å². The van der Waals surface area contributed by atoms with E-state index >= 15 is 0 Å². The third kappa shape index (κ3) is 3.90. The van der Waals surface area contributed by atoms with Gasteiger partial charge in [-0.25, -0.2) is 0 Å². The zero-order chi connectivity index (χ0) is 16.1. The molecule has 0 saturated carbocycles. The van der Waals surface area contributed by atoms with Crippen molar-refractivity contribution in [2.24, 2.45) is 0 Å². The highest BCUT2D eigenvalue weighted by atomic mass is 32.2. The summed E-state index contributed by atoms with van der Waals surface area (Å²) in [6, 6.07) is 11.5. The molecule has 2 amide bonds. The predicted molar refractivity (Wildman–Crippen MR) is 90.5 cm³/mol. The molecule has 0 radical (unpaired) electrons. The number of nitrogens with one attached hydrogen (secondary N) is 1. The Balaban J connectivity index is 1.56. The first kappa shape index (κ1) is 15.6. The number of amides is 2. The number of hydrogen-bond donors (Lipinski definition) is 1. The van der Waals surface area contributed by atoms with Gasteiger partial charge in [-0.3, -0.25) is 14.6 Å².